The summed E-state index contributed by atoms with van der Waals surface area (Å²) in [6.07, 6.45) is 2.54. The third kappa shape index (κ3) is 2.96. The van der Waals surface area contributed by atoms with Gasteiger partial charge in [0.15, 0.2) is 5.78 Å². The largest absolute Gasteiger partial charge is 0.289 e. The molecule has 0 N–H and O–H groups in total. The van der Waals surface area contributed by atoms with Crippen molar-refractivity contribution in [3.05, 3.63) is 76.9 Å². The molecule has 0 radical (unpaired) electrons. The summed E-state index contributed by atoms with van der Waals surface area (Å²) in [5.41, 5.74) is 0.583. The van der Waals surface area contributed by atoms with E-state index in [1.165, 1.54) is 12.1 Å². The van der Waals surface area contributed by atoms with Gasteiger partial charge in [0, 0.05) is 0 Å². The Morgan fingerprint density at radius 3 is 2.20 bits per heavy atom. The third-order valence-electron chi connectivity index (χ3n) is 2.68. The maximum Gasteiger partial charge on any atom is 0.191 e. The number of carbonyl (C=O) groups excluding carboxylic acids is 1. The minimum atomic E-state index is -0.889. The van der Waals surface area contributed by atoms with E-state index in [2.05, 4.69) is 0 Å². The summed E-state index contributed by atoms with van der Waals surface area (Å²) >= 11 is 0. The molecule has 4 heteroatoms. The highest BCUT2D eigenvalue weighted by Gasteiger charge is 2.14. The van der Waals surface area contributed by atoms with Crippen molar-refractivity contribution in [3.63, 3.8) is 0 Å². The summed E-state index contributed by atoms with van der Waals surface area (Å²) in [6.45, 7) is 0. The van der Waals surface area contributed by atoms with Crippen LogP contribution in [0.5, 0.6) is 0 Å². The highest BCUT2D eigenvalue weighted by atomic mass is 19.1. The first kappa shape index (κ1) is 13.6. The second-order valence-electron chi connectivity index (χ2n) is 4.03. The summed E-state index contributed by atoms with van der Waals surface area (Å²) in [5, 5.41) is 8.65. The van der Waals surface area contributed by atoms with E-state index in [1.807, 2.05) is 6.07 Å². The Kier molecular flexibility index (Phi) is 4.02. The van der Waals surface area contributed by atoms with Gasteiger partial charge in [0.05, 0.1) is 17.2 Å². The highest BCUT2D eigenvalue weighted by Crippen LogP contribution is 2.14. The molecule has 98 valence electrons. The first-order chi connectivity index (χ1) is 9.61. The lowest BCUT2D eigenvalue weighted by Crippen LogP contribution is -2.02. The van der Waals surface area contributed by atoms with Gasteiger partial charge in [-0.2, -0.15) is 5.26 Å². The van der Waals surface area contributed by atoms with Gasteiger partial charge in [-0.05, 0) is 35.9 Å². The Labute approximate surface area is 114 Å². The van der Waals surface area contributed by atoms with Gasteiger partial charge in [0.25, 0.3) is 0 Å². The molecule has 0 saturated heterocycles. The van der Waals surface area contributed by atoms with Crippen molar-refractivity contribution in [1.29, 1.82) is 5.26 Å². The van der Waals surface area contributed by atoms with Crippen molar-refractivity contribution in [1.82, 2.24) is 0 Å². The van der Waals surface area contributed by atoms with E-state index < -0.39 is 23.0 Å². The number of nitriles is 1. The average Bonchev–Trinajstić information content (AvgIpc) is 2.45. The summed E-state index contributed by atoms with van der Waals surface area (Å²) in [4.78, 5) is 11.8. The van der Waals surface area contributed by atoms with Crippen LogP contribution in [0.1, 0.15) is 21.5 Å². The van der Waals surface area contributed by atoms with E-state index in [4.69, 9.17) is 5.26 Å². The standard InChI is InChI=1S/C16H9F2NO/c17-13-2-1-3-14(18)16(13)15(20)9-8-11-4-6-12(10-19)7-5-11/h1-9H. The van der Waals surface area contributed by atoms with Gasteiger partial charge in [-0.3, -0.25) is 4.79 Å². The van der Waals surface area contributed by atoms with Crippen molar-refractivity contribution in [2.75, 3.05) is 0 Å². The molecule has 0 aliphatic carbocycles. The zero-order valence-electron chi connectivity index (χ0n) is 10.3. The fraction of sp³-hybridized carbons (Fsp3) is 0. The molecule has 0 aliphatic heterocycles. The third-order valence-corrected chi connectivity index (χ3v) is 2.68. The smallest absolute Gasteiger partial charge is 0.191 e. The van der Waals surface area contributed by atoms with E-state index in [0.717, 1.165) is 18.2 Å². The molecule has 0 bridgehead atoms. The normalized spacial score (nSPS) is 10.4. The zero-order chi connectivity index (χ0) is 14.5. The number of rotatable bonds is 3. The van der Waals surface area contributed by atoms with Crippen LogP contribution in [0.25, 0.3) is 6.08 Å². The van der Waals surface area contributed by atoms with E-state index in [1.54, 1.807) is 24.3 Å². The van der Waals surface area contributed by atoms with Gasteiger partial charge in [0.2, 0.25) is 0 Å². The summed E-state index contributed by atoms with van der Waals surface area (Å²) < 4.78 is 26.8. The van der Waals surface area contributed by atoms with Crippen molar-refractivity contribution in [3.8, 4) is 6.07 Å². The van der Waals surface area contributed by atoms with E-state index in [9.17, 15) is 13.6 Å². The molecule has 0 atom stereocenters. The lowest BCUT2D eigenvalue weighted by atomic mass is 10.1. The van der Waals surface area contributed by atoms with E-state index in [0.29, 0.717) is 11.1 Å². The van der Waals surface area contributed by atoms with Gasteiger partial charge in [-0.1, -0.05) is 24.3 Å². The molecule has 0 unspecified atom stereocenters. The van der Waals surface area contributed by atoms with Crippen molar-refractivity contribution in [2.45, 2.75) is 0 Å². The molecule has 0 spiro atoms. The van der Waals surface area contributed by atoms with E-state index >= 15 is 0 Å². The molecule has 0 aromatic heterocycles. The zero-order valence-corrected chi connectivity index (χ0v) is 10.3. The Bertz CT molecular complexity index is 692. The van der Waals surface area contributed by atoms with Crippen LogP contribution in [0.4, 0.5) is 8.78 Å². The SMILES string of the molecule is N#Cc1ccc(C=CC(=O)c2c(F)cccc2F)cc1. The summed E-state index contributed by atoms with van der Waals surface area (Å²) in [6, 6.07) is 11.7. The molecule has 2 aromatic carbocycles. The predicted octanol–water partition coefficient (Wildman–Crippen LogP) is 3.73. The van der Waals surface area contributed by atoms with Gasteiger partial charge >= 0.3 is 0 Å². The number of ketones is 1. The monoisotopic (exact) mass is 269 g/mol. The van der Waals surface area contributed by atoms with Gasteiger partial charge in [0.1, 0.15) is 11.6 Å². The topological polar surface area (TPSA) is 40.9 Å². The second-order valence-corrected chi connectivity index (χ2v) is 4.03. The molecule has 0 heterocycles. The Morgan fingerprint density at radius 2 is 1.65 bits per heavy atom. The van der Waals surface area contributed by atoms with Gasteiger partial charge < -0.3 is 0 Å². The van der Waals surface area contributed by atoms with Crippen LogP contribution in [0, 0.1) is 23.0 Å². The predicted molar refractivity (Wildman–Crippen MR) is 70.9 cm³/mol. The molecule has 0 fully saturated rings. The number of benzene rings is 2. The maximum atomic E-state index is 13.4. The molecular formula is C16H9F2NO. The summed E-state index contributed by atoms with van der Waals surface area (Å²) in [5.74, 6) is -2.52. The van der Waals surface area contributed by atoms with Crippen LogP contribution < -0.4 is 0 Å². The maximum absolute atomic E-state index is 13.4. The molecule has 2 rings (SSSR count). The quantitative estimate of drug-likeness (QED) is 0.629. The van der Waals surface area contributed by atoms with Crippen LogP contribution in [-0.4, -0.2) is 5.78 Å². The van der Waals surface area contributed by atoms with Crippen LogP contribution >= 0.6 is 0 Å². The molecule has 0 saturated carbocycles. The van der Waals surface area contributed by atoms with Crippen molar-refractivity contribution < 1.29 is 13.6 Å². The van der Waals surface area contributed by atoms with Crippen LogP contribution in [0.3, 0.4) is 0 Å². The number of carbonyl (C=O) groups is 1. The molecular weight excluding hydrogens is 260 g/mol. The number of allylic oxidation sites excluding steroid dienone is 1. The molecule has 20 heavy (non-hydrogen) atoms. The molecule has 2 nitrogen and oxygen atoms in total. The molecule has 2 aromatic rings. The van der Waals surface area contributed by atoms with Crippen LogP contribution in [-0.2, 0) is 0 Å². The minimum Gasteiger partial charge on any atom is -0.289 e. The fourth-order valence-electron chi connectivity index (χ4n) is 1.66. The van der Waals surface area contributed by atoms with Gasteiger partial charge in [-0.15, -0.1) is 0 Å². The minimum absolute atomic E-state index is 0.494. The second kappa shape index (κ2) is 5.89. The van der Waals surface area contributed by atoms with Crippen LogP contribution in [0.2, 0.25) is 0 Å². The van der Waals surface area contributed by atoms with Crippen molar-refractivity contribution >= 4 is 11.9 Å². The Hall–Kier alpha value is -2.80. The Balaban J connectivity index is 2.23. The number of halogens is 2. The van der Waals surface area contributed by atoms with Crippen LogP contribution in [0.15, 0.2) is 48.5 Å². The lowest BCUT2D eigenvalue weighted by Gasteiger charge is -2.00. The van der Waals surface area contributed by atoms with Crippen molar-refractivity contribution in [2.24, 2.45) is 0 Å². The first-order valence-electron chi connectivity index (χ1n) is 5.78. The molecule has 0 aliphatic rings. The molecule has 0 amide bonds. The number of hydrogen-bond acceptors (Lipinski definition) is 2. The van der Waals surface area contributed by atoms with Gasteiger partial charge in [-0.25, -0.2) is 8.78 Å². The first-order valence-corrected chi connectivity index (χ1v) is 5.78. The lowest BCUT2D eigenvalue weighted by molar-refractivity contribution is 0.104. The average molecular weight is 269 g/mol. The van der Waals surface area contributed by atoms with E-state index in [-0.39, 0.29) is 0 Å². The fourth-order valence-corrected chi connectivity index (χ4v) is 1.66. The number of hydrogen-bond donors (Lipinski definition) is 0. The summed E-state index contributed by atoms with van der Waals surface area (Å²) in [7, 11) is 0. The Morgan fingerprint density at radius 1 is 1.05 bits per heavy atom. The number of nitrogens with zero attached hydrogens (tertiary/aromatic N) is 1. The highest BCUT2D eigenvalue weighted by molar-refractivity contribution is 6.07.